The molecule has 0 radical (unpaired) electrons. The molecule has 0 saturated heterocycles. The zero-order valence-corrected chi connectivity index (χ0v) is 14.1. The Morgan fingerprint density at radius 2 is 1.74 bits per heavy atom. The summed E-state index contributed by atoms with van der Waals surface area (Å²) in [5.74, 6) is -1.88. The van der Waals surface area contributed by atoms with Crippen molar-refractivity contribution in [1.29, 1.82) is 0 Å². The number of anilines is 1. The number of rotatable bonds is 3. The van der Waals surface area contributed by atoms with Crippen molar-refractivity contribution >= 4 is 17.5 Å². The Morgan fingerprint density at radius 1 is 0.963 bits per heavy atom. The lowest BCUT2D eigenvalue weighted by Crippen LogP contribution is -2.17. The maximum atomic E-state index is 14.2. The van der Waals surface area contributed by atoms with E-state index in [9.17, 15) is 18.4 Å². The van der Waals surface area contributed by atoms with Crippen LogP contribution in [0.3, 0.4) is 0 Å². The number of amides is 2. The molecule has 6 heteroatoms. The van der Waals surface area contributed by atoms with Crippen LogP contribution in [0.4, 0.5) is 14.5 Å². The van der Waals surface area contributed by atoms with Gasteiger partial charge in [-0.05, 0) is 47.5 Å². The molecule has 0 spiro atoms. The van der Waals surface area contributed by atoms with Crippen LogP contribution in [0.5, 0.6) is 0 Å². The Bertz CT molecular complexity index is 1070. The molecule has 2 amide bonds. The minimum atomic E-state index is -0.584. The van der Waals surface area contributed by atoms with E-state index >= 15 is 0 Å². The van der Waals surface area contributed by atoms with Gasteiger partial charge in [-0.1, -0.05) is 24.3 Å². The summed E-state index contributed by atoms with van der Waals surface area (Å²) in [5, 5.41) is 5.40. The van der Waals surface area contributed by atoms with E-state index in [1.165, 1.54) is 6.07 Å². The Hall–Kier alpha value is -3.54. The van der Waals surface area contributed by atoms with E-state index in [2.05, 4.69) is 10.6 Å². The van der Waals surface area contributed by atoms with Crippen LogP contribution in [0, 0.1) is 11.6 Å². The number of carbonyl (C=O) groups is 2. The molecule has 1 aliphatic heterocycles. The molecule has 3 aromatic rings. The van der Waals surface area contributed by atoms with Crippen molar-refractivity contribution < 1.29 is 18.4 Å². The van der Waals surface area contributed by atoms with E-state index in [1.54, 1.807) is 36.4 Å². The summed E-state index contributed by atoms with van der Waals surface area (Å²) in [7, 11) is 0. The predicted molar refractivity (Wildman–Crippen MR) is 97.4 cm³/mol. The lowest BCUT2D eigenvalue weighted by molar-refractivity contribution is 0.0966. The van der Waals surface area contributed by atoms with Crippen molar-refractivity contribution in [2.75, 3.05) is 5.32 Å². The molecule has 0 saturated carbocycles. The van der Waals surface area contributed by atoms with Gasteiger partial charge in [-0.15, -0.1) is 0 Å². The van der Waals surface area contributed by atoms with E-state index < -0.39 is 11.6 Å². The Balaban J connectivity index is 1.78. The molecule has 0 aromatic heterocycles. The van der Waals surface area contributed by atoms with E-state index in [4.69, 9.17) is 0 Å². The Kier molecular flexibility index (Phi) is 4.16. The minimum absolute atomic E-state index is 0.0729. The number of hydrogen-bond acceptors (Lipinski definition) is 2. The topological polar surface area (TPSA) is 58.2 Å². The molecule has 1 aliphatic rings. The second kappa shape index (κ2) is 6.64. The third-order valence-electron chi connectivity index (χ3n) is 4.47. The van der Waals surface area contributed by atoms with Crippen LogP contribution in [0.1, 0.15) is 26.3 Å². The molecule has 4 rings (SSSR count). The van der Waals surface area contributed by atoms with E-state index in [0.717, 1.165) is 18.2 Å². The highest BCUT2D eigenvalue weighted by Gasteiger charge is 2.27. The maximum absolute atomic E-state index is 14.2. The number of fused-ring (bicyclic) bond motifs is 1. The number of carbonyl (C=O) groups excluding carboxylic acids is 2. The molecule has 2 N–H and O–H groups in total. The zero-order chi connectivity index (χ0) is 19.0. The predicted octanol–water partition coefficient (Wildman–Crippen LogP) is 4.13. The second-order valence-corrected chi connectivity index (χ2v) is 6.14. The van der Waals surface area contributed by atoms with Crippen molar-refractivity contribution in [2.24, 2.45) is 0 Å². The fourth-order valence-corrected chi connectivity index (χ4v) is 3.19. The maximum Gasteiger partial charge on any atom is 0.255 e. The molecule has 1 heterocycles. The summed E-state index contributed by atoms with van der Waals surface area (Å²) in [6.07, 6.45) is 0. The van der Waals surface area contributed by atoms with Gasteiger partial charge >= 0.3 is 0 Å². The molecule has 0 unspecified atom stereocenters. The van der Waals surface area contributed by atoms with Crippen LogP contribution in [0.2, 0.25) is 0 Å². The number of hydrogen-bond donors (Lipinski definition) is 2. The first-order valence-electron chi connectivity index (χ1n) is 8.30. The van der Waals surface area contributed by atoms with Crippen molar-refractivity contribution in [3.63, 3.8) is 0 Å². The van der Waals surface area contributed by atoms with Crippen LogP contribution in [-0.2, 0) is 6.54 Å². The van der Waals surface area contributed by atoms with Gasteiger partial charge in [0.2, 0.25) is 0 Å². The Morgan fingerprint density at radius 3 is 2.52 bits per heavy atom. The summed E-state index contributed by atoms with van der Waals surface area (Å²) in [5.41, 5.74) is 2.05. The van der Waals surface area contributed by atoms with Crippen molar-refractivity contribution in [1.82, 2.24) is 5.32 Å². The van der Waals surface area contributed by atoms with Gasteiger partial charge in [-0.2, -0.15) is 0 Å². The first-order chi connectivity index (χ1) is 13.0. The van der Waals surface area contributed by atoms with Gasteiger partial charge in [-0.3, -0.25) is 9.59 Å². The lowest BCUT2D eigenvalue weighted by Gasteiger charge is -2.13. The van der Waals surface area contributed by atoms with Gasteiger partial charge in [0.15, 0.2) is 0 Å². The molecule has 27 heavy (non-hydrogen) atoms. The van der Waals surface area contributed by atoms with Crippen LogP contribution in [0.25, 0.3) is 11.1 Å². The van der Waals surface area contributed by atoms with Crippen molar-refractivity contribution in [3.05, 3.63) is 89.0 Å². The average Bonchev–Trinajstić information content (AvgIpc) is 3.07. The third-order valence-corrected chi connectivity index (χ3v) is 4.47. The van der Waals surface area contributed by atoms with E-state index in [1.807, 2.05) is 0 Å². The highest BCUT2D eigenvalue weighted by Crippen LogP contribution is 2.35. The van der Waals surface area contributed by atoms with Crippen molar-refractivity contribution in [3.8, 4) is 11.1 Å². The molecule has 4 nitrogen and oxygen atoms in total. The van der Waals surface area contributed by atoms with E-state index in [0.29, 0.717) is 22.4 Å². The highest BCUT2D eigenvalue weighted by molar-refractivity contribution is 6.11. The number of benzene rings is 3. The van der Waals surface area contributed by atoms with Crippen LogP contribution in [-0.4, -0.2) is 11.8 Å². The molecule has 0 aliphatic carbocycles. The summed E-state index contributed by atoms with van der Waals surface area (Å²) in [4.78, 5) is 24.7. The van der Waals surface area contributed by atoms with Gasteiger partial charge in [0, 0.05) is 17.7 Å². The summed E-state index contributed by atoms with van der Waals surface area (Å²) in [6, 6.07) is 14.9. The average molecular weight is 364 g/mol. The summed E-state index contributed by atoms with van der Waals surface area (Å²) < 4.78 is 27.8. The van der Waals surface area contributed by atoms with Crippen LogP contribution in [0.15, 0.2) is 60.7 Å². The minimum Gasteiger partial charge on any atom is -0.348 e. The lowest BCUT2D eigenvalue weighted by atomic mass is 9.95. The quantitative estimate of drug-likeness (QED) is 0.734. The number of nitrogens with one attached hydrogen (secondary N) is 2. The van der Waals surface area contributed by atoms with Gasteiger partial charge < -0.3 is 10.6 Å². The second-order valence-electron chi connectivity index (χ2n) is 6.14. The standard InChI is InChI=1S/C21H14F2N2O2/c22-13-6-8-17(23)15(10-13)14-7-9-18(19-16(14)11-24-21(19)27)25-20(26)12-4-2-1-3-5-12/h1-10H,11H2,(H,24,27)(H,25,26). The van der Waals surface area contributed by atoms with Gasteiger partial charge in [-0.25, -0.2) is 8.78 Å². The molecular formula is C21H14F2N2O2. The number of halogens is 2. The highest BCUT2D eigenvalue weighted by atomic mass is 19.1. The first kappa shape index (κ1) is 16.9. The first-order valence-corrected chi connectivity index (χ1v) is 8.30. The van der Waals surface area contributed by atoms with Crippen LogP contribution < -0.4 is 10.6 Å². The Labute approximate surface area is 153 Å². The SMILES string of the molecule is O=C(Nc1ccc(-c2cc(F)ccc2F)c2c1C(=O)NC2)c1ccccc1. The van der Waals surface area contributed by atoms with Gasteiger partial charge in [0.05, 0.1) is 11.3 Å². The smallest absolute Gasteiger partial charge is 0.255 e. The molecule has 3 aromatic carbocycles. The normalized spacial score (nSPS) is 12.4. The molecule has 0 fully saturated rings. The third kappa shape index (κ3) is 3.06. The fourth-order valence-electron chi connectivity index (χ4n) is 3.19. The molecule has 134 valence electrons. The monoisotopic (exact) mass is 364 g/mol. The van der Waals surface area contributed by atoms with Gasteiger partial charge in [0.25, 0.3) is 11.8 Å². The van der Waals surface area contributed by atoms with Crippen LogP contribution >= 0.6 is 0 Å². The molecule has 0 bridgehead atoms. The van der Waals surface area contributed by atoms with E-state index in [-0.39, 0.29) is 29.5 Å². The summed E-state index contributed by atoms with van der Waals surface area (Å²) in [6.45, 7) is 0.175. The van der Waals surface area contributed by atoms with Gasteiger partial charge in [0.1, 0.15) is 11.6 Å². The van der Waals surface area contributed by atoms with Crippen molar-refractivity contribution in [2.45, 2.75) is 6.54 Å². The largest absolute Gasteiger partial charge is 0.348 e. The molecule has 0 atom stereocenters. The zero-order valence-electron chi connectivity index (χ0n) is 14.1. The summed E-state index contributed by atoms with van der Waals surface area (Å²) >= 11 is 0. The fraction of sp³-hybridized carbons (Fsp3) is 0.0476. The molecular weight excluding hydrogens is 350 g/mol.